The summed E-state index contributed by atoms with van der Waals surface area (Å²) in [4.78, 5) is 25.0. The third-order valence-corrected chi connectivity index (χ3v) is 4.63. The molecule has 3 amide bonds. The monoisotopic (exact) mass is 396 g/mol. The molecule has 0 aliphatic rings. The lowest BCUT2D eigenvalue weighted by atomic mass is 10.0. The maximum atomic E-state index is 12.7. The Hall–Kier alpha value is -2.86. The predicted molar refractivity (Wildman–Crippen MR) is 116 cm³/mol. The average Bonchev–Trinajstić information content (AvgIpc) is 2.71. The Labute approximate surface area is 173 Å². The number of carbonyl (C=O) groups is 2. The molecule has 6 heteroatoms. The highest BCUT2D eigenvalue weighted by Gasteiger charge is 2.22. The van der Waals surface area contributed by atoms with Crippen LogP contribution in [0.15, 0.2) is 54.6 Å². The van der Waals surface area contributed by atoms with Gasteiger partial charge in [0.1, 0.15) is 6.04 Å². The number of nitrogens with one attached hydrogen (secondary N) is 3. The predicted octanol–water partition coefficient (Wildman–Crippen LogP) is 3.03. The highest BCUT2D eigenvalue weighted by atomic mass is 16.2. The van der Waals surface area contributed by atoms with Crippen LogP contribution in [0.2, 0.25) is 0 Å². The summed E-state index contributed by atoms with van der Waals surface area (Å²) in [6, 6.07) is 16.3. The molecule has 5 N–H and O–H groups in total. The van der Waals surface area contributed by atoms with Crippen LogP contribution in [-0.4, -0.2) is 24.5 Å². The van der Waals surface area contributed by atoms with Crippen molar-refractivity contribution in [3.63, 3.8) is 0 Å². The van der Waals surface area contributed by atoms with Gasteiger partial charge in [0.2, 0.25) is 5.91 Å². The zero-order valence-electron chi connectivity index (χ0n) is 17.4. The largest absolute Gasteiger partial charge is 0.352 e. The molecular weight excluding hydrogens is 364 g/mol. The Kier molecular flexibility index (Phi) is 8.68. The summed E-state index contributed by atoms with van der Waals surface area (Å²) in [5.41, 5.74) is 9.28. The second-order valence-corrected chi connectivity index (χ2v) is 7.76. The van der Waals surface area contributed by atoms with Crippen LogP contribution in [0.25, 0.3) is 0 Å². The van der Waals surface area contributed by atoms with Crippen molar-refractivity contribution in [2.75, 3.05) is 6.54 Å². The van der Waals surface area contributed by atoms with Gasteiger partial charge in [-0.25, -0.2) is 4.79 Å². The lowest BCUT2D eigenvalue weighted by Crippen LogP contribution is -2.51. The summed E-state index contributed by atoms with van der Waals surface area (Å²) in [6.45, 7) is 6.76. The van der Waals surface area contributed by atoms with Gasteiger partial charge in [-0.3, -0.25) is 4.79 Å². The van der Waals surface area contributed by atoms with Crippen LogP contribution in [0, 0.1) is 12.8 Å². The number of nitrogens with two attached hydrogens (primary N) is 1. The van der Waals surface area contributed by atoms with Crippen molar-refractivity contribution < 1.29 is 9.59 Å². The third-order valence-electron chi connectivity index (χ3n) is 4.63. The van der Waals surface area contributed by atoms with Crippen LogP contribution in [0.4, 0.5) is 4.79 Å². The Balaban J connectivity index is 1.87. The first-order valence-corrected chi connectivity index (χ1v) is 10.0. The van der Waals surface area contributed by atoms with Crippen molar-refractivity contribution in [1.82, 2.24) is 16.0 Å². The number of aryl methyl sites for hydroxylation is 1. The lowest BCUT2D eigenvalue weighted by Gasteiger charge is -2.22. The Bertz CT molecular complexity index is 775. The van der Waals surface area contributed by atoms with E-state index in [1.807, 2.05) is 75.4 Å². The van der Waals surface area contributed by atoms with E-state index in [0.717, 1.165) is 11.1 Å². The van der Waals surface area contributed by atoms with E-state index in [4.69, 9.17) is 5.73 Å². The van der Waals surface area contributed by atoms with Gasteiger partial charge in [-0.2, -0.15) is 0 Å². The van der Waals surface area contributed by atoms with Crippen molar-refractivity contribution in [3.05, 3.63) is 71.3 Å². The van der Waals surface area contributed by atoms with Crippen LogP contribution in [-0.2, 0) is 11.3 Å². The van der Waals surface area contributed by atoms with Gasteiger partial charge >= 0.3 is 6.03 Å². The van der Waals surface area contributed by atoms with Crippen molar-refractivity contribution >= 4 is 11.9 Å². The number of amides is 3. The molecule has 0 aromatic heterocycles. The standard InChI is InChI=1S/C23H32N4O2/c1-16(2)13-21(22(28)25-15-20(24)19-7-5-4-6-8-19)27-23(29)26-14-18-11-9-17(3)10-12-18/h4-12,16,20-21H,13-15,24H2,1-3H3,(H,25,28)(H2,26,27,29). The minimum atomic E-state index is -0.615. The van der Waals surface area contributed by atoms with Gasteiger partial charge < -0.3 is 21.7 Å². The van der Waals surface area contributed by atoms with Crippen molar-refractivity contribution in [2.45, 2.75) is 45.8 Å². The Morgan fingerprint density at radius 3 is 2.24 bits per heavy atom. The first-order chi connectivity index (χ1) is 13.8. The average molecular weight is 397 g/mol. The zero-order valence-corrected chi connectivity index (χ0v) is 17.4. The van der Waals surface area contributed by atoms with Crippen LogP contribution >= 0.6 is 0 Å². The number of hydrogen-bond donors (Lipinski definition) is 4. The number of hydrogen-bond acceptors (Lipinski definition) is 3. The highest BCUT2D eigenvalue weighted by molar-refractivity contribution is 5.87. The number of carbonyl (C=O) groups excluding carboxylic acids is 2. The lowest BCUT2D eigenvalue weighted by molar-refractivity contribution is -0.123. The Morgan fingerprint density at radius 1 is 0.966 bits per heavy atom. The second kappa shape index (κ2) is 11.2. The highest BCUT2D eigenvalue weighted by Crippen LogP contribution is 2.09. The molecule has 0 saturated carbocycles. The van der Waals surface area contributed by atoms with Crippen molar-refractivity contribution in [2.24, 2.45) is 11.7 Å². The van der Waals surface area contributed by atoms with Gasteiger partial charge in [-0.1, -0.05) is 74.0 Å². The van der Waals surface area contributed by atoms with Gasteiger partial charge in [0.15, 0.2) is 0 Å². The van der Waals surface area contributed by atoms with Crippen LogP contribution in [0.1, 0.15) is 43.0 Å². The molecule has 2 atom stereocenters. The van der Waals surface area contributed by atoms with E-state index in [-0.39, 0.29) is 23.9 Å². The molecule has 29 heavy (non-hydrogen) atoms. The van der Waals surface area contributed by atoms with E-state index in [9.17, 15) is 9.59 Å². The second-order valence-electron chi connectivity index (χ2n) is 7.76. The summed E-state index contributed by atoms with van der Waals surface area (Å²) < 4.78 is 0. The van der Waals surface area contributed by atoms with E-state index in [1.165, 1.54) is 5.56 Å². The topological polar surface area (TPSA) is 96.2 Å². The van der Waals surface area contributed by atoms with Crippen LogP contribution in [0.5, 0.6) is 0 Å². The molecule has 0 fully saturated rings. The summed E-state index contributed by atoms with van der Waals surface area (Å²) in [7, 11) is 0. The van der Waals surface area contributed by atoms with Gasteiger partial charge in [0, 0.05) is 19.1 Å². The first kappa shape index (κ1) is 22.4. The van der Waals surface area contributed by atoms with Gasteiger partial charge in [-0.15, -0.1) is 0 Å². The molecule has 0 aliphatic heterocycles. The van der Waals surface area contributed by atoms with E-state index >= 15 is 0 Å². The first-order valence-electron chi connectivity index (χ1n) is 10.0. The summed E-state index contributed by atoms with van der Waals surface area (Å²) >= 11 is 0. The van der Waals surface area contributed by atoms with Gasteiger partial charge in [-0.05, 0) is 30.4 Å². The molecule has 6 nitrogen and oxygen atoms in total. The normalized spacial score (nSPS) is 12.9. The van der Waals surface area contributed by atoms with Gasteiger partial charge in [0.25, 0.3) is 0 Å². The van der Waals surface area contributed by atoms with E-state index < -0.39 is 6.04 Å². The molecule has 0 heterocycles. The third kappa shape index (κ3) is 7.95. The maximum absolute atomic E-state index is 12.7. The summed E-state index contributed by atoms with van der Waals surface area (Å²) in [5, 5.41) is 8.47. The number of urea groups is 1. The molecule has 2 aromatic rings. The van der Waals surface area contributed by atoms with E-state index in [2.05, 4.69) is 16.0 Å². The van der Waals surface area contributed by atoms with Crippen molar-refractivity contribution in [3.8, 4) is 0 Å². The molecule has 0 radical (unpaired) electrons. The zero-order chi connectivity index (χ0) is 21.2. The summed E-state index contributed by atoms with van der Waals surface area (Å²) in [5.74, 6) is 0.0292. The van der Waals surface area contributed by atoms with Crippen LogP contribution < -0.4 is 21.7 Å². The molecule has 2 rings (SSSR count). The fourth-order valence-electron chi connectivity index (χ4n) is 2.95. The SMILES string of the molecule is Cc1ccc(CNC(=O)NC(CC(C)C)C(=O)NCC(N)c2ccccc2)cc1. The van der Waals surface area contributed by atoms with Gasteiger partial charge in [0.05, 0.1) is 0 Å². The fraction of sp³-hybridized carbons (Fsp3) is 0.391. The maximum Gasteiger partial charge on any atom is 0.315 e. The molecule has 0 aliphatic carbocycles. The molecule has 2 unspecified atom stereocenters. The fourth-order valence-corrected chi connectivity index (χ4v) is 2.95. The number of rotatable bonds is 9. The molecule has 0 saturated heterocycles. The number of benzene rings is 2. The minimum Gasteiger partial charge on any atom is -0.352 e. The van der Waals surface area contributed by atoms with Crippen LogP contribution in [0.3, 0.4) is 0 Å². The molecule has 2 aromatic carbocycles. The smallest absolute Gasteiger partial charge is 0.315 e. The molecular formula is C23H32N4O2. The quantitative estimate of drug-likeness (QED) is 0.525. The molecule has 0 bridgehead atoms. The Morgan fingerprint density at radius 2 is 1.62 bits per heavy atom. The minimum absolute atomic E-state index is 0.226. The van der Waals surface area contributed by atoms with E-state index in [0.29, 0.717) is 19.5 Å². The summed E-state index contributed by atoms with van der Waals surface area (Å²) in [6.07, 6.45) is 0.546. The molecule has 156 valence electrons. The molecule has 0 spiro atoms. The van der Waals surface area contributed by atoms with Crippen molar-refractivity contribution in [1.29, 1.82) is 0 Å². The van der Waals surface area contributed by atoms with E-state index in [1.54, 1.807) is 0 Å².